The SMILES string of the molecule is [CH3-].[Lu+3].c1ccc2[cH-]ccc2c1.c1ccc2[cH-]ccc2c1. The van der Waals surface area contributed by atoms with Gasteiger partial charge in [-0.05, 0) is 0 Å². The molecule has 108 valence electrons. The summed E-state index contributed by atoms with van der Waals surface area (Å²) in [6, 6.07) is 29.3. The molecule has 0 aromatic heterocycles. The monoisotopic (exact) mass is 420 g/mol. The van der Waals surface area contributed by atoms with Crippen LogP contribution in [-0.4, -0.2) is 0 Å². The Morgan fingerprint density at radius 1 is 0.550 bits per heavy atom. The number of fused-ring (bicyclic) bond motifs is 2. The molecule has 20 heavy (non-hydrogen) atoms. The van der Waals surface area contributed by atoms with Crippen LogP contribution in [0.5, 0.6) is 0 Å². The summed E-state index contributed by atoms with van der Waals surface area (Å²) in [7, 11) is 0. The third kappa shape index (κ3) is 3.94. The molecule has 0 bridgehead atoms. The molecule has 0 nitrogen and oxygen atoms in total. The van der Waals surface area contributed by atoms with Gasteiger partial charge in [-0.25, -0.2) is 0 Å². The van der Waals surface area contributed by atoms with Gasteiger partial charge in [0.15, 0.2) is 0 Å². The molecule has 0 aliphatic carbocycles. The van der Waals surface area contributed by atoms with Gasteiger partial charge in [-0.15, -0.1) is 59.3 Å². The summed E-state index contributed by atoms with van der Waals surface area (Å²) in [4.78, 5) is 0. The van der Waals surface area contributed by atoms with Gasteiger partial charge in [-0.1, -0.05) is 12.1 Å². The van der Waals surface area contributed by atoms with E-state index in [0.29, 0.717) is 0 Å². The fraction of sp³-hybridized carbons (Fsp3) is 0. The first-order valence-electron chi connectivity index (χ1n) is 6.14. The van der Waals surface area contributed by atoms with Gasteiger partial charge >= 0.3 is 36.9 Å². The van der Waals surface area contributed by atoms with Gasteiger partial charge in [0.25, 0.3) is 0 Å². The van der Waals surface area contributed by atoms with Crippen molar-refractivity contribution in [2.24, 2.45) is 0 Å². The molecule has 0 saturated heterocycles. The van der Waals surface area contributed by atoms with Gasteiger partial charge in [0.1, 0.15) is 0 Å². The normalized spacial score (nSPS) is 9.20. The Labute approximate surface area is 150 Å². The molecule has 0 amide bonds. The van der Waals surface area contributed by atoms with Gasteiger partial charge in [0, 0.05) is 0 Å². The van der Waals surface area contributed by atoms with Crippen molar-refractivity contribution in [1.29, 1.82) is 0 Å². The van der Waals surface area contributed by atoms with E-state index >= 15 is 0 Å². The number of benzene rings is 2. The van der Waals surface area contributed by atoms with Crippen molar-refractivity contribution in [3.8, 4) is 0 Å². The van der Waals surface area contributed by atoms with Crippen LogP contribution in [0, 0.1) is 44.3 Å². The van der Waals surface area contributed by atoms with E-state index in [1.54, 1.807) is 0 Å². The second-order valence-electron chi connectivity index (χ2n) is 4.31. The van der Waals surface area contributed by atoms with E-state index in [1.165, 1.54) is 21.5 Å². The van der Waals surface area contributed by atoms with E-state index in [-0.39, 0.29) is 44.3 Å². The van der Waals surface area contributed by atoms with Crippen LogP contribution >= 0.6 is 0 Å². The van der Waals surface area contributed by atoms with E-state index in [2.05, 4.69) is 84.9 Å². The predicted molar refractivity (Wildman–Crippen MR) is 85.5 cm³/mol. The van der Waals surface area contributed by atoms with Crippen molar-refractivity contribution in [3.05, 3.63) is 92.4 Å². The smallest absolute Gasteiger partial charge is 0.358 e. The molecular formula is C19H17Lu. The van der Waals surface area contributed by atoms with Gasteiger partial charge in [0.05, 0.1) is 0 Å². The third-order valence-corrected chi connectivity index (χ3v) is 3.10. The summed E-state index contributed by atoms with van der Waals surface area (Å²) in [6.45, 7) is 0. The predicted octanol–water partition coefficient (Wildman–Crippen LogP) is 5.57. The van der Waals surface area contributed by atoms with Crippen LogP contribution < -0.4 is 0 Å². The van der Waals surface area contributed by atoms with Crippen molar-refractivity contribution >= 4 is 21.5 Å². The van der Waals surface area contributed by atoms with Crippen LogP contribution in [-0.2, 0) is 0 Å². The molecule has 0 aliphatic heterocycles. The minimum absolute atomic E-state index is 0. The fourth-order valence-corrected chi connectivity index (χ4v) is 2.14. The van der Waals surface area contributed by atoms with Crippen molar-refractivity contribution < 1.29 is 36.9 Å². The van der Waals surface area contributed by atoms with E-state index < -0.39 is 0 Å². The summed E-state index contributed by atoms with van der Waals surface area (Å²) in [6.07, 6.45) is 0. The number of hydrogen-bond acceptors (Lipinski definition) is 0. The third-order valence-electron chi connectivity index (χ3n) is 3.10. The van der Waals surface area contributed by atoms with Gasteiger partial charge in [0.2, 0.25) is 0 Å². The zero-order valence-corrected chi connectivity index (χ0v) is 13.0. The maximum absolute atomic E-state index is 2.12. The zero-order valence-electron chi connectivity index (χ0n) is 11.3. The number of hydrogen-bond donors (Lipinski definition) is 0. The van der Waals surface area contributed by atoms with Crippen LogP contribution in [0.1, 0.15) is 0 Å². The standard InChI is InChI=1S/2C9H7.CH3.Lu/c2*1-2-5-9-7-3-6-8(9)4-1;;/h2*1-7H;1H3;/q3*-1;+3. The Balaban J connectivity index is 0.000000182. The Morgan fingerprint density at radius 2 is 0.950 bits per heavy atom. The minimum atomic E-state index is 0. The fourth-order valence-electron chi connectivity index (χ4n) is 2.14. The molecule has 4 aromatic rings. The van der Waals surface area contributed by atoms with Crippen molar-refractivity contribution in [3.63, 3.8) is 0 Å². The quantitative estimate of drug-likeness (QED) is 0.327. The van der Waals surface area contributed by atoms with Crippen molar-refractivity contribution in [2.45, 2.75) is 0 Å². The molecule has 0 atom stereocenters. The van der Waals surface area contributed by atoms with Crippen LogP contribution in [0.15, 0.2) is 84.9 Å². The first-order chi connectivity index (χ1) is 8.93. The molecule has 0 spiro atoms. The van der Waals surface area contributed by atoms with Gasteiger partial charge < -0.3 is 7.43 Å². The molecule has 0 radical (unpaired) electrons. The van der Waals surface area contributed by atoms with Crippen LogP contribution in [0.2, 0.25) is 0 Å². The zero-order chi connectivity index (χ0) is 12.2. The van der Waals surface area contributed by atoms with Crippen LogP contribution in [0.4, 0.5) is 0 Å². The first kappa shape index (κ1) is 16.9. The topological polar surface area (TPSA) is 0 Å². The summed E-state index contributed by atoms with van der Waals surface area (Å²) >= 11 is 0. The average molecular weight is 420 g/mol. The largest absolute Gasteiger partial charge is 3.00 e. The summed E-state index contributed by atoms with van der Waals surface area (Å²) in [5.41, 5.74) is 0. The van der Waals surface area contributed by atoms with Crippen LogP contribution in [0.25, 0.3) is 21.5 Å². The van der Waals surface area contributed by atoms with E-state index in [9.17, 15) is 0 Å². The summed E-state index contributed by atoms with van der Waals surface area (Å²) in [5.74, 6) is 0. The van der Waals surface area contributed by atoms with E-state index in [1.807, 2.05) is 0 Å². The molecule has 0 N–H and O–H groups in total. The Bertz CT molecular complexity index is 620. The Morgan fingerprint density at radius 3 is 1.35 bits per heavy atom. The van der Waals surface area contributed by atoms with Crippen molar-refractivity contribution in [2.75, 3.05) is 0 Å². The van der Waals surface area contributed by atoms with Gasteiger partial charge in [-0.2, -0.15) is 35.0 Å². The second kappa shape index (κ2) is 8.24. The molecule has 4 aromatic carbocycles. The summed E-state index contributed by atoms with van der Waals surface area (Å²) in [5, 5.41) is 5.32. The molecule has 4 rings (SSSR count). The average Bonchev–Trinajstić information content (AvgIpc) is 3.08. The Kier molecular flexibility index (Phi) is 6.98. The minimum Gasteiger partial charge on any atom is -0.358 e. The molecular weight excluding hydrogens is 403 g/mol. The molecule has 0 aliphatic rings. The van der Waals surface area contributed by atoms with E-state index in [4.69, 9.17) is 0 Å². The maximum atomic E-state index is 2.12. The first-order valence-corrected chi connectivity index (χ1v) is 6.14. The molecule has 0 saturated carbocycles. The van der Waals surface area contributed by atoms with Gasteiger partial charge in [-0.3, -0.25) is 0 Å². The summed E-state index contributed by atoms with van der Waals surface area (Å²) < 4.78 is 0. The molecule has 1 heteroatoms. The van der Waals surface area contributed by atoms with Crippen LogP contribution in [0.3, 0.4) is 0 Å². The Hall–Kier alpha value is -1.11. The number of rotatable bonds is 0. The van der Waals surface area contributed by atoms with E-state index in [0.717, 1.165) is 0 Å². The molecule has 0 fully saturated rings. The molecule has 0 heterocycles. The maximum Gasteiger partial charge on any atom is 3.00 e. The second-order valence-corrected chi connectivity index (χ2v) is 4.31. The van der Waals surface area contributed by atoms with Crippen molar-refractivity contribution in [1.82, 2.24) is 0 Å². The molecule has 0 unspecified atom stereocenters.